The van der Waals surface area contributed by atoms with Crippen molar-refractivity contribution in [1.29, 1.82) is 0 Å². The Bertz CT molecular complexity index is 345. The molecule has 18 heavy (non-hydrogen) atoms. The number of phenols is 3. The zero-order valence-electron chi connectivity index (χ0n) is 10.6. The van der Waals surface area contributed by atoms with Gasteiger partial charge in [-0.05, 0) is 24.1 Å². The van der Waals surface area contributed by atoms with E-state index in [0.29, 0.717) is 5.56 Å². The highest BCUT2D eigenvalue weighted by molar-refractivity contribution is 5.50. The summed E-state index contributed by atoms with van der Waals surface area (Å²) >= 11 is 0. The summed E-state index contributed by atoms with van der Waals surface area (Å²) in [6.45, 7) is 3.15. The quantitative estimate of drug-likeness (QED) is 0.326. The van der Waals surface area contributed by atoms with Gasteiger partial charge in [-0.2, -0.15) is 0 Å². The molecule has 0 aliphatic heterocycles. The van der Waals surface area contributed by atoms with Gasteiger partial charge < -0.3 is 15.3 Å². The highest BCUT2D eigenvalue weighted by Crippen LogP contribution is 2.35. The molecule has 0 aromatic heterocycles. The van der Waals surface area contributed by atoms with E-state index in [1.807, 2.05) is 0 Å². The van der Waals surface area contributed by atoms with Gasteiger partial charge in [0.1, 0.15) is 0 Å². The Labute approximate surface area is 107 Å². The van der Waals surface area contributed by atoms with Gasteiger partial charge >= 0.3 is 0 Å². The third-order valence-corrected chi connectivity index (χ3v) is 2.60. The summed E-state index contributed by atoms with van der Waals surface area (Å²) in [6.07, 6.45) is 4.65. The number of hydrogen-bond acceptors (Lipinski definition) is 5. The molecule has 5 nitrogen and oxygen atoms in total. The molecule has 4 N–H and O–H groups in total. The Morgan fingerprint density at radius 2 is 1.72 bits per heavy atom. The summed E-state index contributed by atoms with van der Waals surface area (Å²) in [4.78, 5) is 5.20. The minimum absolute atomic E-state index is 0.217. The van der Waals surface area contributed by atoms with Gasteiger partial charge in [0, 0.05) is 6.54 Å². The molecule has 0 aliphatic carbocycles. The Morgan fingerprint density at radius 3 is 2.33 bits per heavy atom. The number of benzene rings is 1. The maximum Gasteiger partial charge on any atom is 0.200 e. The molecule has 5 heteroatoms. The van der Waals surface area contributed by atoms with Crippen LogP contribution in [-0.2, 0) is 11.4 Å². The molecule has 0 heterocycles. The van der Waals surface area contributed by atoms with Crippen LogP contribution in [0.2, 0.25) is 0 Å². The number of hydrogen-bond donors (Lipinski definition) is 4. The molecule has 0 saturated carbocycles. The van der Waals surface area contributed by atoms with E-state index in [0.717, 1.165) is 13.0 Å². The van der Waals surface area contributed by atoms with Crippen molar-refractivity contribution >= 4 is 0 Å². The van der Waals surface area contributed by atoms with Crippen molar-refractivity contribution in [2.45, 2.75) is 39.2 Å². The van der Waals surface area contributed by atoms with Crippen molar-refractivity contribution in [2.75, 3.05) is 6.54 Å². The first kappa shape index (κ1) is 14.6. The van der Waals surface area contributed by atoms with Gasteiger partial charge in [-0.3, -0.25) is 4.84 Å². The number of phenolic OH excluding ortho intramolecular Hbond substituents is 3. The molecule has 0 spiro atoms. The van der Waals surface area contributed by atoms with Gasteiger partial charge in [0.15, 0.2) is 17.2 Å². The first-order valence-corrected chi connectivity index (χ1v) is 6.23. The van der Waals surface area contributed by atoms with Crippen LogP contribution in [0.4, 0.5) is 0 Å². The van der Waals surface area contributed by atoms with Gasteiger partial charge in [0.25, 0.3) is 0 Å². The molecule has 0 bridgehead atoms. The fourth-order valence-electron chi connectivity index (χ4n) is 1.57. The van der Waals surface area contributed by atoms with E-state index in [4.69, 9.17) is 9.94 Å². The standard InChI is InChI=1S/C13H21NO4/c1-2-3-4-5-6-14-18-9-10-7-11(15)13(17)12(16)8-10/h7-8,14-17H,2-6,9H2,1H3. The normalized spacial score (nSPS) is 10.7. The van der Waals surface area contributed by atoms with Crippen molar-refractivity contribution in [3.05, 3.63) is 17.7 Å². The molecular formula is C13H21NO4. The minimum atomic E-state index is -0.508. The van der Waals surface area contributed by atoms with Crippen LogP contribution in [0.3, 0.4) is 0 Å². The fourth-order valence-corrected chi connectivity index (χ4v) is 1.57. The van der Waals surface area contributed by atoms with E-state index in [2.05, 4.69) is 12.4 Å². The van der Waals surface area contributed by atoms with Gasteiger partial charge in [0.2, 0.25) is 0 Å². The predicted molar refractivity (Wildman–Crippen MR) is 68.4 cm³/mol. The van der Waals surface area contributed by atoms with Crippen molar-refractivity contribution in [3.8, 4) is 17.2 Å². The third-order valence-electron chi connectivity index (χ3n) is 2.60. The van der Waals surface area contributed by atoms with Crippen molar-refractivity contribution in [3.63, 3.8) is 0 Å². The summed E-state index contributed by atoms with van der Waals surface area (Å²) in [5, 5.41) is 27.8. The third kappa shape index (κ3) is 4.81. The van der Waals surface area contributed by atoms with Crippen LogP contribution < -0.4 is 5.48 Å². The highest BCUT2D eigenvalue weighted by Gasteiger charge is 2.07. The first-order chi connectivity index (χ1) is 8.65. The smallest absolute Gasteiger partial charge is 0.200 e. The van der Waals surface area contributed by atoms with E-state index in [1.54, 1.807) is 0 Å². The minimum Gasteiger partial charge on any atom is -0.504 e. The summed E-state index contributed by atoms with van der Waals surface area (Å²) in [5.74, 6) is -1.21. The Morgan fingerprint density at radius 1 is 1.06 bits per heavy atom. The lowest BCUT2D eigenvalue weighted by Gasteiger charge is -2.08. The van der Waals surface area contributed by atoms with Crippen molar-refractivity contribution in [2.24, 2.45) is 0 Å². The SMILES string of the molecule is CCCCCCNOCc1cc(O)c(O)c(O)c1. The van der Waals surface area contributed by atoms with Gasteiger partial charge in [-0.15, -0.1) is 0 Å². The lowest BCUT2D eigenvalue weighted by atomic mass is 10.2. The summed E-state index contributed by atoms with van der Waals surface area (Å²) in [7, 11) is 0. The van der Waals surface area contributed by atoms with Crippen LogP contribution in [0.1, 0.15) is 38.2 Å². The van der Waals surface area contributed by atoms with E-state index < -0.39 is 5.75 Å². The molecule has 1 rings (SSSR count). The molecule has 1 aromatic carbocycles. The topological polar surface area (TPSA) is 82.0 Å². The lowest BCUT2D eigenvalue weighted by molar-refractivity contribution is 0.0270. The predicted octanol–water partition coefficient (Wildman–Crippen LogP) is 2.40. The monoisotopic (exact) mass is 255 g/mol. The average molecular weight is 255 g/mol. The summed E-state index contributed by atoms with van der Waals surface area (Å²) in [5.41, 5.74) is 3.41. The summed E-state index contributed by atoms with van der Waals surface area (Å²) < 4.78 is 0. The number of hydroxylamine groups is 1. The van der Waals surface area contributed by atoms with E-state index in [9.17, 15) is 10.2 Å². The van der Waals surface area contributed by atoms with Crippen LogP contribution in [-0.4, -0.2) is 21.9 Å². The molecule has 102 valence electrons. The molecule has 0 fully saturated rings. The zero-order chi connectivity index (χ0) is 13.4. The fraction of sp³-hybridized carbons (Fsp3) is 0.538. The first-order valence-electron chi connectivity index (χ1n) is 6.23. The molecule has 0 aliphatic rings. The number of rotatable bonds is 8. The van der Waals surface area contributed by atoms with Gasteiger partial charge in [0.05, 0.1) is 6.61 Å². The second-order valence-electron chi connectivity index (χ2n) is 4.23. The van der Waals surface area contributed by atoms with Gasteiger partial charge in [-0.1, -0.05) is 26.2 Å². The second-order valence-corrected chi connectivity index (χ2v) is 4.23. The maximum atomic E-state index is 9.29. The Balaban J connectivity index is 2.23. The molecule has 0 unspecified atom stereocenters. The van der Waals surface area contributed by atoms with E-state index in [1.165, 1.54) is 31.4 Å². The van der Waals surface area contributed by atoms with Crippen LogP contribution >= 0.6 is 0 Å². The van der Waals surface area contributed by atoms with E-state index in [-0.39, 0.29) is 18.1 Å². The second kappa shape index (κ2) is 7.79. The number of unbranched alkanes of at least 4 members (excludes halogenated alkanes) is 3. The van der Waals surface area contributed by atoms with Crippen LogP contribution in [0.15, 0.2) is 12.1 Å². The molecule has 0 radical (unpaired) electrons. The molecule has 0 amide bonds. The molecule has 1 aromatic rings. The zero-order valence-corrected chi connectivity index (χ0v) is 10.6. The Kier molecular flexibility index (Phi) is 6.32. The number of aromatic hydroxyl groups is 3. The van der Waals surface area contributed by atoms with Crippen molar-refractivity contribution in [1.82, 2.24) is 5.48 Å². The van der Waals surface area contributed by atoms with Crippen LogP contribution in [0.25, 0.3) is 0 Å². The van der Waals surface area contributed by atoms with Crippen molar-refractivity contribution < 1.29 is 20.2 Å². The highest BCUT2D eigenvalue weighted by atomic mass is 16.6. The van der Waals surface area contributed by atoms with E-state index >= 15 is 0 Å². The van der Waals surface area contributed by atoms with Gasteiger partial charge in [-0.25, -0.2) is 5.48 Å². The largest absolute Gasteiger partial charge is 0.504 e. The number of nitrogens with one attached hydrogen (secondary N) is 1. The molecular weight excluding hydrogens is 234 g/mol. The Hall–Kier alpha value is -1.46. The molecule has 0 saturated heterocycles. The average Bonchev–Trinajstić information content (AvgIpc) is 2.34. The van der Waals surface area contributed by atoms with Crippen LogP contribution in [0, 0.1) is 0 Å². The maximum absolute atomic E-state index is 9.29. The lowest BCUT2D eigenvalue weighted by Crippen LogP contribution is -2.15. The molecule has 0 atom stereocenters. The summed E-state index contributed by atoms with van der Waals surface area (Å²) in [6, 6.07) is 2.71. The van der Waals surface area contributed by atoms with Crippen LogP contribution in [0.5, 0.6) is 17.2 Å².